The summed E-state index contributed by atoms with van der Waals surface area (Å²) in [4.78, 5) is 11.7. The van der Waals surface area contributed by atoms with Gasteiger partial charge in [-0.15, -0.1) is 0 Å². The van der Waals surface area contributed by atoms with Crippen molar-refractivity contribution in [3.8, 4) is 0 Å². The van der Waals surface area contributed by atoms with Gasteiger partial charge in [0.25, 0.3) is 0 Å². The number of carbonyl (C=O) groups excluding carboxylic acids is 1. The summed E-state index contributed by atoms with van der Waals surface area (Å²) < 4.78 is 5.25. The van der Waals surface area contributed by atoms with Crippen molar-refractivity contribution < 1.29 is 19.7 Å². The van der Waals surface area contributed by atoms with Crippen molar-refractivity contribution in [1.82, 2.24) is 0 Å². The summed E-state index contributed by atoms with van der Waals surface area (Å²) in [6.45, 7) is 3.56. The van der Waals surface area contributed by atoms with Crippen molar-refractivity contribution >= 4 is 5.97 Å². The summed E-state index contributed by atoms with van der Waals surface area (Å²) in [6, 6.07) is 0. The quantitative estimate of drug-likeness (QED) is 0.558. The van der Waals surface area contributed by atoms with Crippen LogP contribution in [0.15, 0.2) is 34.4 Å². The van der Waals surface area contributed by atoms with E-state index in [1.807, 2.05) is 19.9 Å². The molecule has 0 radical (unpaired) electrons. The van der Waals surface area contributed by atoms with E-state index >= 15 is 0 Å². The van der Waals surface area contributed by atoms with Gasteiger partial charge in [-0.25, -0.2) is 4.79 Å². The smallest absolute Gasteiger partial charge is 0.337 e. The van der Waals surface area contributed by atoms with Crippen LogP contribution in [-0.2, 0) is 9.53 Å². The van der Waals surface area contributed by atoms with Crippen LogP contribution in [0.25, 0.3) is 0 Å². The Morgan fingerprint density at radius 3 is 2.79 bits per heavy atom. The fourth-order valence-electron chi connectivity index (χ4n) is 2.60. The molecule has 0 fully saturated rings. The molecule has 0 bridgehead atoms. The van der Waals surface area contributed by atoms with E-state index in [0.717, 1.165) is 24.0 Å². The molecule has 4 nitrogen and oxygen atoms in total. The van der Waals surface area contributed by atoms with Gasteiger partial charge in [-0.1, -0.05) is 17.2 Å². The van der Waals surface area contributed by atoms with E-state index in [4.69, 9.17) is 4.74 Å². The van der Waals surface area contributed by atoms with Crippen LogP contribution >= 0.6 is 0 Å². The molecule has 2 aliphatic rings. The monoisotopic (exact) mass is 264 g/mol. The number of aliphatic hydroxyl groups excluding tert-OH is 2. The number of carbonyl (C=O) groups is 1. The number of rotatable bonds is 1. The van der Waals surface area contributed by atoms with Gasteiger partial charge in [0.1, 0.15) is 6.10 Å². The molecule has 4 heteroatoms. The molecule has 0 saturated carbocycles. The highest BCUT2D eigenvalue weighted by molar-refractivity contribution is 5.93. The maximum atomic E-state index is 11.7. The number of aliphatic hydroxyl groups is 2. The Balaban J connectivity index is 2.43. The Morgan fingerprint density at radius 2 is 2.11 bits per heavy atom. The van der Waals surface area contributed by atoms with E-state index in [-0.39, 0.29) is 5.57 Å². The third-order valence-electron chi connectivity index (χ3n) is 3.64. The highest BCUT2D eigenvalue weighted by Gasteiger charge is 2.36. The zero-order valence-corrected chi connectivity index (χ0v) is 11.3. The van der Waals surface area contributed by atoms with Crippen LogP contribution in [0, 0.1) is 0 Å². The first-order chi connectivity index (χ1) is 9.02. The largest absolute Gasteiger partial charge is 0.450 e. The van der Waals surface area contributed by atoms with E-state index in [0.29, 0.717) is 12.0 Å². The molecule has 0 aromatic rings. The van der Waals surface area contributed by atoms with Gasteiger partial charge in [-0.2, -0.15) is 0 Å². The first-order valence-corrected chi connectivity index (χ1v) is 6.58. The summed E-state index contributed by atoms with van der Waals surface area (Å²) in [6.07, 6.45) is 4.97. The lowest BCUT2D eigenvalue weighted by atomic mass is 9.92. The number of esters is 1. The Hall–Kier alpha value is -1.39. The molecule has 19 heavy (non-hydrogen) atoms. The lowest BCUT2D eigenvalue weighted by Gasteiger charge is -2.19. The molecule has 1 aliphatic carbocycles. The van der Waals surface area contributed by atoms with Crippen LogP contribution < -0.4 is 0 Å². The molecular weight excluding hydrogens is 244 g/mol. The third-order valence-corrected chi connectivity index (χ3v) is 3.64. The van der Waals surface area contributed by atoms with Crippen molar-refractivity contribution in [2.75, 3.05) is 6.61 Å². The number of hydrogen-bond donors (Lipinski definition) is 2. The first-order valence-electron chi connectivity index (χ1n) is 6.58. The normalized spacial score (nSPS) is 28.5. The second-order valence-corrected chi connectivity index (χ2v) is 5.24. The standard InChI is InChI=1S/C15H20O4/c1-9-4-3-5-10(2)7-13-14(12(17)6-9)11(8-16)15(18)19-13/h4,7,12-13,16-17H,3,5-6,8H2,1-2H3. The van der Waals surface area contributed by atoms with Gasteiger partial charge in [-0.05, 0) is 39.2 Å². The van der Waals surface area contributed by atoms with E-state index in [9.17, 15) is 15.0 Å². The fourth-order valence-corrected chi connectivity index (χ4v) is 2.60. The van der Waals surface area contributed by atoms with Crippen LogP contribution in [0.5, 0.6) is 0 Å². The fraction of sp³-hybridized carbons (Fsp3) is 0.533. The molecule has 1 heterocycles. The molecule has 0 saturated heterocycles. The van der Waals surface area contributed by atoms with Crippen molar-refractivity contribution in [3.63, 3.8) is 0 Å². The van der Waals surface area contributed by atoms with Crippen molar-refractivity contribution in [1.29, 1.82) is 0 Å². The number of ether oxygens (including phenoxy) is 1. The van der Waals surface area contributed by atoms with E-state index < -0.39 is 24.8 Å². The molecule has 0 spiro atoms. The zero-order chi connectivity index (χ0) is 14.0. The third kappa shape index (κ3) is 2.96. The Labute approximate surface area is 113 Å². The van der Waals surface area contributed by atoms with Gasteiger partial charge >= 0.3 is 5.97 Å². The molecule has 2 rings (SSSR count). The summed E-state index contributed by atoms with van der Waals surface area (Å²) >= 11 is 0. The molecule has 2 unspecified atom stereocenters. The van der Waals surface area contributed by atoms with Crippen LogP contribution in [0.1, 0.15) is 33.1 Å². The van der Waals surface area contributed by atoms with E-state index in [1.165, 1.54) is 0 Å². The van der Waals surface area contributed by atoms with Gasteiger partial charge in [0.2, 0.25) is 0 Å². The minimum Gasteiger partial charge on any atom is -0.450 e. The molecule has 0 aromatic carbocycles. The summed E-state index contributed by atoms with van der Waals surface area (Å²) in [5, 5.41) is 19.6. The van der Waals surface area contributed by atoms with Gasteiger partial charge in [0.15, 0.2) is 0 Å². The Bertz CT molecular complexity index is 471. The second-order valence-electron chi connectivity index (χ2n) is 5.24. The molecule has 0 amide bonds. The van der Waals surface area contributed by atoms with Crippen molar-refractivity contribution in [2.24, 2.45) is 0 Å². The number of fused-ring (bicyclic) bond motifs is 1. The SMILES string of the molecule is CC1=CC2OC(=O)C(CO)=C2C(O)CC(C)=CCC1. The zero-order valence-electron chi connectivity index (χ0n) is 11.3. The van der Waals surface area contributed by atoms with Gasteiger partial charge in [-0.3, -0.25) is 0 Å². The minimum absolute atomic E-state index is 0.204. The molecule has 104 valence electrons. The maximum Gasteiger partial charge on any atom is 0.337 e. The molecular formula is C15H20O4. The van der Waals surface area contributed by atoms with E-state index in [2.05, 4.69) is 6.08 Å². The summed E-state index contributed by atoms with van der Waals surface area (Å²) in [5.41, 5.74) is 2.93. The van der Waals surface area contributed by atoms with Crippen LogP contribution in [0.4, 0.5) is 0 Å². The molecule has 2 atom stereocenters. The van der Waals surface area contributed by atoms with Crippen LogP contribution in [-0.4, -0.2) is 35.0 Å². The summed E-state index contributed by atoms with van der Waals surface area (Å²) in [7, 11) is 0. The van der Waals surface area contributed by atoms with Crippen molar-refractivity contribution in [3.05, 3.63) is 34.4 Å². The topological polar surface area (TPSA) is 66.8 Å². The van der Waals surface area contributed by atoms with Crippen molar-refractivity contribution in [2.45, 2.75) is 45.3 Å². The molecule has 0 aromatic heterocycles. The Morgan fingerprint density at radius 1 is 1.37 bits per heavy atom. The van der Waals surface area contributed by atoms with Gasteiger partial charge in [0, 0.05) is 5.57 Å². The first kappa shape index (κ1) is 14.0. The van der Waals surface area contributed by atoms with Gasteiger partial charge in [0.05, 0.1) is 18.3 Å². The predicted molar refractivity (Wildman–Crippen MR) is 71.4 cm³/mol. The van der Waals surface area contributed by atoms with Crippen LogP contribution in [0.3, 0.4) is 0 Å². The minimum atomic E-state index is -0.781. The highest BCUT2D eigenvalue weighted by Crippen LogP contribution is 2.31. The predicted octanol–water partition coefficient (Wildman–Crippen LogP) is 1.64. The molecule has 1 aliphatic heterocycles. The van der Waals surface area contributed by atoms with Gasteiger partial charge < -0.3 is 14.9 Å². The molecule has 2 N–H and O–H groups in total. The van der Waals surface area contributed by atoms with E-state index in [1.54, 1.807) is 0 Å². The Kier molecular flexibility index (Phi) is 4.22. The lowest BCUT2D eigenvalue weighted by Crippen LogP contribution is -2.21. The number of hydrogen-bond acceptors (Lipinski definition) is 4. The average Bonchev–Trinajstić information content (AvgIpc) is 2.64. The average molecular weight is 264 g/mol. The lowest BCUT2D eigenvalue weighted by molar-refractivity contribution is -0.138. The highest BCUT2D eigenvalue weighted by atomic mass is 16.5. The number of allylic oxidation sites excluding steroid dienone is 2. The second kappa shape index (κ2) is 5.72. The van der Waals surface area contributed by atoms with Crippen LogP contribution in [0.2, 0.25) is 0 Å². The maximum absolute atomic E-state index is 11.7. The summed E-state index contributed by atoms with van der Waals surface area (Å²) in [5.74, 6) is -0.522.